The van der Waals surface area contributed by atoms with Crippen molar-refractivity contribution in [2.45, 2.75) is 26.3 Å². The number of nitrogens with zero attached hydrogens (tertiary/aromatic N) is 4. The first-order valence-electron chi connectivity index (χ1n) is 11.4. The van der Waals surface area contributed by atoms with Gasteiger partial charge in [-0.1, -0.05) is 42.0 Å². The quantitative estimate of drug-likeness (QED) is 0.689. The van der Waals surface area contributed by atoms with Crippen molar-refractivity contribution in [2.24, 2.45) is 5.92 Å². The van der Waals surface area contributed by atoms with Gasteiger partial charge in [0.15, 0.2) is 0 Å². The molecule has 2 fully saturated rings. The third-order valence-corrected chi connectivity index (χ3v) is 6.54. The van der Waals surface area contributed by atoms with Crippen LogP contribution in [0, 0.1) is 12.8 Å². The fourth-order valence-electron chi connectivity index (χ4n) is 4.70. The first kappa shape index (κ1) is 20.5. The average molecular weight is 432 g/mol. The van der Waals surface area contributed by atoms with Crippen LogP contribution < -0.4 is 4.90 Å². The molecule has 3 heterocycles. The van der Waals surface area contributed by atoms with Crippen molar-refractivity contribution >= 4 is 28.8 Å². The summed E-state index contributed by atoms with van der Waals surface area (Å²) < 4.78 is 0. The van der Waals surface area contributed by atoms with Crippen LogP contribution in [0.5, 0.6) is 0 Å². The highest BCUT2D eigenvalue weighted by Crippen LogP contribution is 2.24. The van der Waals surface area contributed by atoms with E-state index in [0.29, 0.717) is 26.1 Å². The number of aryl methyl sites for hydroxylation is 1. The molecule has 0 radical (unpaired) electrons. The van der Waals surface area contributed by atoms with Gasteiger partial charge in [-0.15, -0.1) is 0 Å². The van der Waals surface area contributed by atoms with Crippen molar-refractivity contribution in [2.75, 3.05) is 37.6 Å². The number of hydrogen-bond donors (Lipinski definition) is 1. The van der Waals surface area contributed by atoms with E-state index in [1.807, 2.05) is 34.1 Å². The molecule has 2 saturated heterocycles. The monoisotopic (exact) mass is 431 g/mol. The summed E-state index contributed by atoms with van der Waals surface area (Å²) in [6.07, 6.45) is 1.20. The van der Waals surface area contributed by atoms with E-state index < -0.39 is 0 Å². The van der Waals surface area contributed by atoms with Gasteiger partial charge in [-0.3, -0.25) is 9.59 Å². The van der Waals surface area contributed by atoms with Gasteiger partial charge < -0.3 is 19.7 Å². The fraction of sp³-hybridized carbons (Fsp3) is 0.400. The Labute approximate surface area is 188 Å². The lowest BCUT2D eigenvalue weighted by Gasteiger charge is -2.24. The number of aromatic nitrogens is 2. The maximum atomic E-state index is 13.2. The molecule has 166 valence electrons. The first-order valence-corrected chi connectivity index (χ1v) is 11.4. The van der Waals surface area contributed by atoms with Crippen LogP contribution >= 0.6 is 0 Å². The molecule has 2 aromatic carbocycles. The maximum Gasteiger partial charge on any atom is 0.228 e. The molecular formula is C25H29N5O2. The van der Waals surface area contributed by atoms with Gasteiger partial charge >= 0.3 is 0 Å². The Hall–Kier alpha value is -3.35. The minimum absolute atomic E-state index is 0.0719. The molecule has 5 rings (SSSR count). The number of para-hydroxylation sites is 2. The number of likely N-dealkylation sites (tertiary alicyclic amines) is 1. The molecule has 0 saturated carbocycles. The van der Waals surface area contributed by atoms with Gasteiger partial charge in [0.05, 0.1) is 17.0 Å². The molecule has 1 aromatic heterocycles. The van der Waals surface area contributed by atoms with Gasteiger partial charge in [0, 0.05) is 45.7 Å². The summed E-state index contributed by atoms with van der Waals surface area (Å²) in [6.45, 7) is 6.09. The Morgan fingerprint density at radius 1 is 1.06 bits per heavy atom. The summed E-state index contributed by atoms with van der Waals surface area (Å²) in [5, 5.41) is 0. The Kier molecular flexibility index (Phi) is 5.55. The second kappa shape index (κ2) is 8.65. The van der Waals surface area contributed by atoms with E-state index >= 15 is 0 Å². The van der Waals surface area contributed by atoms with E-state index in [0.717, 1.165) is 48.6 Å². The predicted molar refractivity (Wildman–Crippen MR) is 124 cm³/mol. The van der Waals surface area contributed by atoms with Crippen LogP contribution in [0.2, 0.25) is 0 Å². The van der Waals surface area contributed by atoms with Crippen LogP contribution in [-0.4, -0.2) is 64.3 Å². The van der Waals surface area contributed by atoms with Crippen molar-refractivity contribution in [3.05, 3.63) is 59.7 Å². The number of nitrogens with one attached hydrogen (secondary N) is 1. The smallest absolute Gasteiger partial charge is 0.228 e. The molecule has 2 aliphatic heterocycles. The van der Waals surface area contributed by atoms with Crippen LogP contribution in [0.1, 0.15) is 24.0 Å². The number of amides is 2. The lowest BCUT2D eigenvalue weighted by Crippen LogP contribution is -2.40. The molecule has 3 aromatic rings. The van der Waals surface area contributed by atoms with Crippen LogP contribution in [0.15, 0.2) is 48.5 Å². The number of H-pyrrole nitrogens is 1. The number of rotatable bonds is 4. The van der Waals surface area contributed by atoms with Gasteiger partial charge in [-0.05, 0) is 31.0 Å². The fourth-order valence-corrected chi connectivity index (χ4v) is 4.70. The maximum absolute atomic E-state index is 13.2. The molecule has 7 heteroatoms. The van der Waals surface area contributed by atoms with Gasteiger partial charge in [0.1, 0.15) is 0 Å². The van der Waals surface area contributed by atoms with Crippen LogP contribution in [0.25, 0.3) is 11.0 Å². The SMILES string of the molecule is Cc1ccc(CN2CC(C(=O)N3CCCN(c4nc5ccccc5[nH]4)CC3)CC2=O)cc1. The van der Waals surface area contributed by atoms with E-state index in [4.69, 9.17) is 4.98 Å². The normalized spacial score (nSPS) is 19.6. The van der Waals surface area contributed by atoms with Crippen LogP contribution in [-0.2, 0) is 16.1 Å². The summed E-state index contributed by atoms with van der Waals surface area (Å²) in [7, 11) is 0. The molecule has 1 atom stereocenters. The van der Waals surface area contributed by atoms with Crippen molar-refractivity contribution in [1.82, 2.24) is 19.8 Å². The largest absolute Gasteiger partial charge is 0.341 e. The standard InChI is InChI=1S/C25H29N5O2/c1-18-7-9-19(10-8-18)16-30-17-20(15-23(30)31)24(32)28-11-4-12-29(14-13-28)25-26-21-5-2-3-6-22(21)27-25/h2-3,5-10,20H,4,11-17H2,1H3,(H,26,27). The van der Waals surface area contributed by atoms with E-state index in [-0.39, 0.29) is 17.7 Å². The molecule has 2 amide bonds. The number of anilines is 1. The zero-order valence-electron chi connectivity index (χ0n) is 18.5. The summed E-state index contributed by atoms with van der Waals surface area (Å²) in [5.41, 5.74) is 4.29. The molecule has 0 spiro atoms. The van der Waals surface area contributed by atoms with E-state index in [1.165, 1.54) is 5.56 Å². The molecule has 32 heavy (non-hydrogen) atoms. The van der Waals surface area contributed by atoms with Gasteiger partial charge in [-0.2, -0.15) is 0 Å². The van der Waals surface area contributed by atoms with E-state index in [2.05, 4.69) is 41.1 Å². The molecule has 7 nitrogen and oxygen atoms in total. The lowest BCUT2D eigenvalue weighted by atomic mass is 10.1. The minimum atomic E-state index is -0.245. The number of benzene rings is 2. The van der Waals surface area contributed by atoms with Gasteiger partial charge in [-0.25, -0.2) is 4.98 Å². The Morgan fingerprint density at radius 2 is 1.88 bits per heavy atom. The average Bonchev–Trinajstić information content (AvgIpc) is 3.29. The van der Waals surface area contributed by atoms with Crippen molar-refractivity contribution in [3.63, 3.8) is 0 Å². The molecule has 0 aliphatic carbocycles. The van der Waals surface area contributed by atoms with Crippen molar-refractivity contribution in [3.8, 4) is 0 Å². The Morgan fingerprint density at radius 3 is 2.69 bits per heavy atom. The number of imidazole rings is 1. The minimum Gasteiger partial charge on any atom is -0.341 e. The zero-order chi connectivity index (χ0) is 22.1. The van der Waals surface area contributed by atoms with Crippen LogP contribution in [0.4, 0.5) is 5.95 Å². The Bertz CT molecular complexity index is 1090. The molecule has 2 aliphatic rings. The topological polar surface area (TPSA) is 72.5 Å². The van der Waals surface area contributed by atoms with E-state index in [9.17, 15) is 9.59 Å². The third kappa shape index (κ3) is 4.20. The highest BCUT2D eigenvalue weighted by atomic mass is 16.2. The molecule has 1 unspecified atom stereocenters. The van der Waals surface area contributed by atoms with Gasteiger partial charge in [0.2, 0.25) is 17.8 Å². The number of carbonyl (C=O) groups is 2. The second-order valence-electron chi connectivity index (χ2n) is 8.90. The van der Waals surface area contributed by atoms with E-state index in [1.54, 1.807) is 0 Å². The van der Waals surface area contributed by atoms with Gasteiger partial charge in [0.25, 0.3) is 0 Å². The number of carbonyl (C=O) groups excluding carboxylic acids is 2. The highest BCUT2D eigenvalue weighted by Gasteiger charge is 2.37. The zero-order valence-corrected chi connectivity index (χ0v) is 18.5. The molecule has 1 N–H and O–H groups in total. The molecular weight excluding hydrogens is 402 g/mol. The summed E-state index contributed by atoms with van der Waals surface area (Å²) >= 11 is 0. The number of aromatic amines is 1. The summed E-state index contributed by atoms with van der Waals surface area (Å²) in [5.74, 6) is 0.797. The predicted octanol–water partition coefficient (Wildman–Crippen LogP) is 2.96. The molecule has 0 bridgehead atoms. The number of fused-ring (bicyclic) bond motifs is 1. The summed E-state index contributed by atoms with van der Waals surface area (Å²) in [4.78, 5) is 39.9. The highest BCUT2D eigenvalue weighted by molar-refractivity contribution is 5.89. The second-order valence-corrected chi connectivity index (χ2v) is 8.90. The van der Waals surface area contributed by atoms with Crippen molar-refractivity contribution in [1.29, 1.82) is 0 Å². The Balaban J connectivity index is 1.20. The summed E-state index contributed by atoms with van der Waals surface area (Å²) in [6, 6.07) is 16.2. The van der Waals surface area contributed by atoms with Crippen molar-refractivity contribution < 1.29 is 9.59 Å². The van der Waals surface area contributed by atoms with Crippen LogP contribution in [0.3, 0.4) is 0 Å². The third-order valence-electron chi connectivity index (χ3n) is 6.54. The lowest BCUT2D eigenvalue weighted by molar-refractivity contribution is -0.135. The number of hydrogen-bond acceptors (Lipinski definition) is 4. The first-order chi connectivity index (χ1) is 15.6.